The van der Waals surface area contributed by atoms with Crippen LogP contribution in [-0.4, -0.2) is 28.9 Å². The van der Waals surface area contributed by atoms with Gasteiger partial charge in [-0.2, -0.15) is 0 Å². The molecule has 0 bridgehead atoms. The van der Waals surface area contributed by atoms with Crippen molar-refractivity contribution in [1.82, 2.24) is 4.98 Å². The van der Waals surface area contributed by atoms with Gasteiger partial charge < -0.3 is 9.47 Å². The maximum atomic E-state index is 13.5. The molecule has 2 aromatic carbocycles. The van der Waals surface area contributed by atoms with E-state index in [1.165, 1.54) is 28.9 Å². The Morgan fingerprint density at radius 3 is 2.50 bits per heavy atom. The molecule has 0 amide bonds. The van der Waals surface area contributed by atoms with E-state index < -0.39 is 0 Å². The topological polar surface area (TPSA) is 68.5 Å². The number of esters is 1. The lowest BCUT2D eigenvalue weighted by Gasteiger charge is -2.11. The van der Waals surface area contributed by atoms with Crippen molar-refractivity contribution in [2.24, 2.45) is 5.92 Å². The second-order valence-electron chi connectivity index (χ2n) is 10.4. The molecule has 0 radical (unpaired) electrons. The summed E-state index contributed by atoms with van der Waals surface area (Å²) in [4.78, 5) is 30.3. The van der Waals surface area contributed by atoms with E-state index in [4.69, 9.17) is 14.5 Å². The van der Waals surface area contributed by atoms with Crippen molar-refractivity contribution in [3.8, 4) is 5.75 Å². The van der Waals surface area contributed by atoms with E-state index in [-0.39, 0.29) is 12.0 Å². The number of rotatable bonds is 13. The second-order valence-corrected chi connectivity index (χ2v) is 11.3. The Morgan fingerprint density at radius 2 is 1.80 bits per heavy atom. The van der Waals surface area contributed by atoms with Gasteiger partial charge in [0.05, 0.1) is 12.3 Å². The maximum Gasteiger partial charge on any atom is 0.333 e. The Morgan fingerprint density at radius 1 is 1.07 bits per heavy atom. The standard InChI is InChI=1S/C33H39N2O4S/c1-4-38-33(36)25(3)18-24(2)19-29-23-40-32(34-29)31(35(37)21-27-10-8-9-11-27)20-26-14-16-30(17-15-26)39-22-28-12-6-5-7-13-28/h5-7,12-19,23,27,31H,4,8-11,20-22H2,1-3H3/q+1/b24-19+,25-18-/t31-/m0/s1. The van der Waals surface area contributed by atoms with Gasteiger partial charge in [-0.05, 0) is 74.6 Å². The van der Waals surface area contributed by atoms with Crippen LogP contribution in [0.2, 0.25) is 0 Å². The number of nitroso groups, excluding NO2 is 1. The third-order valence-electron chi connectivity index (χ3n) is 7.10. The molecule has 0 N–H and O–H groups in total. The molecule has 1 atom stereocenters. The van der Waals surface area contributed by atoms with E-state index in [1.807, 2.05) is 73.0 Å². The SMILES string of the molecule is CCOC(=O)/C(C)=C\C(C)=C\c1csc([C@H](Cc2ccc(OCc3ccccc3)cc2)[N+](=O)CC2CCCC2)n1. The van der Waals surface area contributed by atoms with Gasteiger partial charge in [0, 0.05) is 33.0 Å². The summed E-state index contributed by atoms with van der Waals surface area (Å²) in [6, 6.07) is 17.8. The number of nitrogens with zero attached hydrogens (tertiary/aromatic N) is 2. The average molecular weight is 560 g/mol. The quantitative estimate of drug-likeness (QED) is 0.0922. The van der Waals surface area contributed by atoms with Crippen LogP contribution >= 0.6 is 11.3 Å². The van der Waals surface area contributed by atoms with Crippen LogP contribution in [0.3, 0.4) is 0 Å². The Kier molecular flexibility index (Phi) is 10.8. The lowest BCUT2D eigenvalue weighted by atomic mass is 10.0. The van der Waals surface area contributed by atoms with Gasteiger partial charge >= 0.3 is 5.97 Å². The third kappa shape index (κ3) is 8.71. The van der Waals surface area contributed by atoms with Crippen LogP contribution < -0.4 is 4.74 Å². The molecule has 0 saturated heterocycles. The van der Waals surface area contributed by atoms with Gasteiger partial charge in [0.25, 0.3) is 6.04 Å². The molecule has 40 heavy (non-hydrogen) atoms. The van der Waals surface area contributed by atoms with Crippen LogP contribution in [0.1, 0.15) is 74.3 Å². The number of hydrogen-bond acceptors (Lipinski definition) is 6. The summed E-state index contributed by atoms with van der Waals surface area (Å²) in [6.45, 7) is 6.87. The highest BCUT2D eigenvalue weighted by Gasteiger charge is 2.34. The first kappa shape index (κ1) is 29.4. The number of ether oxygens (including phenoxy) is 2. The number of thiazole rings is 1. The highest BCUT2D eigenvalue weighted by atomic mass is 32.1. The summed E-state index contributed by atoms with van der Waals surface area (Å²) in [7, 11) is 0. The van der Waals surface area contributed by atoms with E-state index in [2.05, 4.69) is 0 Å². The molecule has 1 saturated carbocycles. The molecule has 1 heterocycles. The lowest BCUT2D eigenvalue weighted by molar-refractivity contribution is -0.598. The summed E-state index contributed by atoms with van der Waals surface area (Å²) in [5.74, 6) is 0.934. The minimum atomic E-state index is -0.360. The molecule has 1 aliphatic carbocycles. The Bertz CT molecular complexity index is 1320. The third-order valence-corrected chi connectivity index (χ3v) is 8.07. The molecule has 0 spiro atoms. The first-order chi connectivity index (χ1) is 19.4. The zero-order chi connectivity index (χ0) is 28.3. The van der Waals surface area contributed by atoms with E-state index in [0.717, 1.165) is 46.0 Å². The molecule has 1 aromatic heterocycles. The van der Waals surface area contributed by atoms with E-state index in [0.29, 0.717) is 37.7 Å². The fourth-order valence-corrected chi connectivity index (χ4v) is 5.89. The van der Waals surface area contributed by atoms with Gasteiger partial charge in [-0.3, -0.25) is 0 Å². The zero-order valence-corrected chi connectivity index (χ0v) is 24.5. The summed E-state index contributed by atoms with van der Waals surface area (Å²) in [6.07, 6.45) is 8.97. The predicted molar refractivity (Wildman–Crippen MR) is 160 cm³/mol. The molecule has 1 aliphatic rings. The van der Waals surface area contributed by atoms with Crippen molar-refractivity contribution in [3.05, 3.63) is 104 Å². The summed E-state index contributed by atoms with van der Waals surface area (Å²) >= 11 is 1.51. The molecule has 4 rings (SSSR count). The number of hydrogen-bond donors (Lipinski definition) is 0. The van der Waals surface area contributed by atoms with Gasteiger partial charge in [-0.15, -0.1) is 11.3 Å². The second kappa shape index (κ2) is 14.7. The molecule has 7 heteroatoms. The molecule has 0 unspecified atom stereocenters. The fraction of sp³-hybridized carbons (Fsp3) is 0.394. The normalized spacial score (nSPS) is 15.2. The van der Waals surface area contributed by atoms with E-state index in [9.17, 15) is 9.70 Å². The molecule has 6 nitrogen and oxygen atoms in total. The number of aromatic nitrogens is 1. The van der Waals surface area contributed by atoms with Crippen molar-refractivity contribution < 1.29 is 19.0 Å². The van der Waals surface area contributed by atoms with E-state index in [1.54, 1.807) is 19.9 Å². The summed E-state index contributed by atoms with van der Waals surface area (Å²) < 4.78 is 12.3. The van der Waals surface area contributed by atoms with Crippen LogP contribution in [0.4, 0.5) is 0 Å². The summed E-state index contributed by atoms with van der Waals surface area (Å²) in [5, 5.41) is 2.78. The number of carbonyl (C=O) groups is 1. The Hall–Kier alpha value is -3.58. The molecular formula is C33H39N2O4S+. The summed E-state index contributed by atoms with van der Waals surface area (Å²) in [5.41, 5.74) is 4.42. The van der Waals surface area contributed by atoms with Gasteiger partial charge in [-0.25, -0.2) is 9.78 Å². The lowest BCUT2D eigenvalue weighted by Crippen LogP contribution is -2.23. The van der Waals surface area contributed by atoms with Crippen molar-refractivity contribution in [3.63, 3.8) is 0 Å². The van der Waals surface area contributed by atoms with Crippen LogP contribution in [0.5, 0.6) is 5.75 Å². The van der Waals surface area contributed by atoms with Crippen molar-refractivity contribution >= 4 is 23.4 Å². The molecule has 0 aliphatic heterocycles. The van der Waals surface area contributed by atoms with Crippen LogP contribution in [-0.2, 0) is 22.6 Å². The van der Waals surface area contributed by atoms with Gasteiger partial charge in [0.1, 0.15) is 12.4 Å². The van der Waals surface area contributed by atoms with Crippen molar-refractivity contribution in [2.45, 2.75) is 65.5 Å². The molecule has 1 fully saturated rings. The number of benzene rings is 2. The first-order valence-corrected chi connectivity index (χ1v) is 15.0. The van der Waals surface area contributed by atoms with Crippen LogP contribution in [0.25, 0.3) is 6.08 Å². The largest absolute Gasteiger partial charge is 0.489 e. The Balaban J connectivity index is 1.48. The van der Waals surface area contributed by atoms with Crippen LogP contribution in [0, 0.1) is 10.8 Å². The minimum absolute atomic E-state index is 0.320. The molecule has 210 valence electrons. The van der Waals surface area contributed by atoms with Gasteiger partial charge in [0.15, 0.2) is 11.6 Å². The fourth-order valence-electron chi connectivity index (χ4n) is 5.01. The number of carbonyl (C=O) groups excluding carboxylic acids is 1. The van der Waals surface area contributed by atoms with Crippen LogP contribution in [0.15, 0.2) is 77.2 Å². The average Bonchev–Trinajstić information content (AvgIpc) is 3.64. The molecular weight excluding hydrogens is 520 g/mol. The maximum absolute atomic E-state index is 13.5. The molecule has 3 aromatic rings. The highest BCUT2D eigenvalue weighted by molar-refractivity contribution is 7.09. The monoisotopic (exact) mass is 559 g/mol. The van der Waals surface area contributed by atoms with Crippen molar-refractivity contribution in [2.75, 3.05) is 13.2 Å². The van der Waals surface area contributed by atoms with Gasteiger partial charge in [-0.1, -0.05) is 55.3 Å². The zero-order valence-electron chi connectivity index (χ0n) is 23.7. The van der Waals surface area contributed by atoms with Crippen molar-refractivity contribution in [1.29, 1.82) is 0 Å². The predicted octanol–water partition coefficient (Wildman–Crippen LogP) is 7.89. The minimum Gasteiger partial charge on any atom is -0.489 e. The Labute approximate surface area is 241 Å². The highest BCUT2D eigenvalue weighted by Crippen LogP contribution is 2.31. The first-order valence-electron chi connectivity index (χ1n) is 14.1. The van der Waals surface area contributed by atoms with Gasteiger partial charge in [0.2, 0.25) is 0 Å². The number of allylic oxidation sites excluding steroid dienone is 2. The van der Waals surface area contributed by atoms with E-state index >= 15 is 0 Å². The smallest absolute Gasteiger partial charge is 0.333 e.